The van der Waals surface area contributed by atoms with Gasteiger partial charge in [-0.15, -0.1) is 10.2 Å². The fourth-order valence-corrected chi connectivity index (χ4v) is 3.02. The fraction of sp³-hybridized carbons (Fsp3) is 0.0435. The molecule has 0 atom stereocenters. The molecule has 9 nitrogen and oxygen atoms in total. The third-order valence-electron chi connectivity index (χ3n) is 4.37. The van der Waals surface area contributed by atoms with Crippen molar-refractivity contribution in [3.05, 3.63) is 89.8 Å². The zero-order valence-electron chi connectivity index (χ0n) is 17.2. The summed E-state index contributed by atoms with van der Waals surface area (Å²) in [6.07, 6.45) is 0. The Labute approximate surface area is 189 Å². The molecule has 0 aliphatic heterocycles. The molecule has 0 radical (unpaired) electrons. The lowest BCUT2D eigenvalue weighted by Gasteiger charge is -2.17. The second-order valence-electron chi connectivity index (χ2n) is 6.65. The average Bonchev–Trinajstić information content (AvgIpc) is 2.78. The van der Waals surface area contributed by atoms with Crippen LogP contribution in [0.2, 0.25) is 0 Å². The van der Waals surface area contributed by atoms with Crippen molar-refractivity contribution in [1.29, 1.82) is 0 Å². The lowest BCUT2D eigenvalue weighted by atomic mass is 10.1. The summed E-state index contributed by atoms with van der Waals surface area (Å²) in [5.41, 5.74) is 2.73. The van der Waals surface area contributed by atoms with Crippen LogP contribution in [0.4, 0.5) is 5.69 Å². The number of carbonyl (C=O) groups is 1. The molecule has 0 aliphatic carbocycles. The van der Waals surface area contributed by atoms with E-state index in [-0.39, 0.29) is 5.75 Å². The molecule has 3 aromatic carbocycles. The van der Waals surface area contributed by atoms with Crippen LogP contribution < -0.4 is 29.0 Å². The Bertz CT molecular complexity index is 1320. The van der Waals surface area contributed by atoms with E-state index in [4.69, 9.17) is 27.8 Å². The Balaban J connectivity index is 0.000000555. The summed E-state index contributed by atoms with van der Waals surface area (Å²) in [5.74, 6) is 0.422. The molecule has 0 amide bonds. The number of fused-ring (bicyclic) bond motifs is 1. The number of rotatable bonds is 3. The third kappa shape index (κ3) is 6.88. The summed E-state index contributed by atoms with van der Waals surface area (Å²) < 4.78 is 44.8. The maximum atomic E-state index is 11.8. The van der Waals surface area contributed by atoms with E-state index in [2.05, 4.69) is 4.99 Å². The molecule has 4 aromatic rings. The second-order valence-corrected chi connectivity index (χ2v) is 7.40. The van der Waals surface area contributed by atoms with Gasteiger partial charge in [0.15, 0.2) is 0 Å². The van der Waals surface area contributed by atoms with Gasteiger partial charge >= 0.3 is 5.97 Å². The first-order valence-corrected chi connectivity index (χ1v) is 10.6. The maximum absolute atomic E-state index is 11.8. The van der Waals surface area contributed by atoms with Gasteiger partial charge < -0.3 is 14.3 Å². The van der Waals surface area contributed by atoms with Gasteiger partial charge in [-0.25, -0.2) is 28.4 Å². The molecule has 10 heteroatoms. The predicted molar refractivity (Wildman–Crippen MR) is 105 cm³/mol. The number of benzene rings is 3. The molecule has 2 N–H and O–H groups in total. The van der Waals surface area contributed by atoms with Crippen LogP contribution in [-0.4, -0.2) is 18.2 Å². The smallest absolute Gasteiger partial charge is 0.338 e. The standard InChI is InChI=1S/C23H17NO4.ClHO4/c1-27-23(26)16-8-5-9-17(12-16)24-20-14-22(15-6-3-2-4-7-15)28-21-11-10-18(25)13-19(20)21;2-1(3,4)5/h2-14,25H,1H3;(H,2,3,4,5). The number of phenols is 1. The molecule has 170 valence electrons. The van der Waals surface area contributed by atoms with E-state index in [1.165, 1.54) is 7.11 Å². The normalized spacial score (nSPS) is 11.6. The quantitative estimate of drug-likeness (QED) is 0.328. The second kappa shape index (κ2) is 10.3. The van der Waals surface area contributed by atoms with Crippen LogP contribution in [0.5, 0.6) is 5.75 Å². The molecule has 0 fully saturated rings. The minimum Gasteiger partial charge on any atom is -0.508 e. The molecular weight excluding hydrogens is 454 g/mol. The van der Waals surface area contributed by atoms with Crippen molar-refractivity contribution in [3.8, 4) is 17.1 Å². The molecule has 0 spiro atoms. The van der Waals surface area contributed by atoms with Crippen molar-refractivity contribution >= 4 is 22.6 Å². The number of aromatic hydroxyl groups is 1. The Hall–Kier alpha value is -3.73. The molecule has 33 heavy (non-hydrogen) atoms. The number of hydrogen-bond acceptors (Lipinski definition) is 8. The van der Waals surface area contributed by atoms with E-state index in [0.717, 1.165) is 22.0 Å². The first kappa shape index (κ1) is 23.9. The zero-order valence-corrected chi connectivity index (χ0v) is 17.9. The van der Waals surface area contributed by atoms with Gasteiger partial charge in [-0.3, -0.25) is 0 Å². The number of esters is 1. The van der Waals surface area contributed by atoms with Gasteiger partial charge in [0.1, 0.15) is 17.1 Å². The lowest BCUT2D eigenvalue weighted by molar-refractivity contribution is -2.00. The van der Waals surface area contributed by atoms with Crippen molar-refractivity contribution in [2.45, 2.75) is 0 Å². The average molecular weight is 472 g/mol. The topological polar surface area (TPSA) is 166 Å². The third-order valence-corrected chi connectivity index (χ3v) is 4.37. The summed E-state index contributed by atoms with van der Waals surface area (Å²) >= 11 is 0. The van der Waals surface area contributed by atoms with E-state index in [1.807, 2.05) is 42.5 Å². The fourth-order valence-electron chi connectivity index (χ4n) is 3.02. The summed E-state index contributed by atoms with van der Waals surface area (Å²) in [5, 5.41) is 11.4. The molecule has 0 unspecified atom stereocenters. The highest BCUT2D eigenvalue weighted by molar-refractivity contribution is 5.90. The highest BCUT2D eigenvalue weighted by Gasteiger charge is 2.12. The largest absolute Gasteiger partial charge is 0.508 e. The van der Waals surface area contributed by atoms with Crippen LogP contribution in [0.1, 0.15) is 10.4 Å². The number of methoxy groups -OCH3 is 1. The van der Waals surface area contributed by atoms with Crippen LogP contribution in [0.25, 0.3) is 22.3 Å². The SMILES string of the molecule is COC(=O)c1cccc([NH+]=c2cc(-c3ccccc3)oc3ccc(O)cc23)c1.[O-][Cl+3]([O-])([O-])[O-]. The molecule has 0 saturated heterocycles. The van der Waals surface area contributed by atoms with Crippen molar-refractivity contribution in [1.82, 2.24) is 0 Å². The highest BCUT2D eigenvalue weighted by Crippen LogP contribution is 2.23. The van der Waals surface area contributed by atoms with Crippen molar-refractivity contribution < 1.29 is 52.9 Å². The van der Waals surface area contributed by atoms with Gasteiger partial charge in [0.05, 0.1) is 24.1 Å². The molecule has 0 aliphatic rings. The van der Waals surface area contributed by atoms with E-state index in [9.17, 15) is 9.90 Å². The Kier molecular flexibility index (Phi) is 7.44. The Morgan fingerprint density at radius 2 is 1.64 bits per heavy atom. The van der Waals surface area contributed by atoms with Crippen LogP contribution >= 0.6 is 0 Å². The molecule has 1 aromatic heterocycles. The van der Waals surface area contributed by atoms with Crippen LogP contribution in [0, 0.1) is 10.2 Å². The number of hydrogen-bond donors (Lipinski definition) is 2. The molecule has 4 rings (SSSR count). The van der Waals surface area contributed by atoms with Crippen LogP contribution in [-0.2, 0) is 4.74 Å². The molecule has 1 heterocycles. The summed E-state index contributed by atoms with van der Waals surface area (Å²) in [4.78, 5) is 15.1. The first-order valence-electron chi connectivity index (χ1n) is 9.36. The van der Waals surface area contributed by atoms with Gasteiger partial charge in [0.25, 0.3) is 0 Å². The van der Waals surface area contributed by atoms with E-state index in [1.54, 1.807) is 36.4 Å². The minimum atomic E-state index is -4.94. The molecule has 0 saturated carbocycles. The van der Waals surface area contributed by atoms with Gasteiger partial charge in [0.2, 0.25) is 11.0 Å². The summed E-state index contributed by atoms with van der Waals surface area (Å²) in [6, 6.07) is 23.6. The number of phenolic OH excluding ortho intramolecular Hbond substituents is 1. The van der Waals surface area contributed by atoms with Gasteiger partial charge in [-0.05, 0) is 24.3 Å². The first-order chi connectivity index (χ1) is 15.6. The number of carbonyl (C=O) groups excluding carboxylic acids is 1. The van der Waals surface area contributed by atoms with Crippen LogP contribution in [0.3, 0.4) is 0 Å². The van der Waals surface area contributed by atoms with E-state index >= 15 is 0 Å². The Morgan fingerprint density at radius 3 is 2.30 bits per heavy atom. The summed E-state index contributed by atoms with van der Waals surface area (Å²) in [6.45, 7) is 0. The maximum Gasteiger partial charge on any atom is 0.338 e. The number of ether oxygens (including phenoxy) is 1. The van der Waals surface area contributed by atoms with Crippen molar-refractivity contribution in [2.24, 2.45) is 0 Å². The van der Waals surface area contributed by atoms with Crippen molar-refractivity contribution in [2.75, 3.05) is 7.11 Å². The van der Waals surface area contributed by atoms with E-state index < -0.39 is 16.2 Å². The van der Waals surface area contributed by atoms with E-state index in [0.29, 0.717) is 16.9 Å². The molecular formula is C23H18ClNO8. The van der Waals surface area contributed by atoms with Gasteiger partial charge in [-0.1, -0.05) is 36.4 Å². The monoisotopic (exact) mass is 471 g/mol. The lowest BCUT2D eigenvalue weighted by Crippen LogP contribution is -2.70. The van der Waals surface area contributed by atoms with Crippen molar-refractivity contribution in [3.63, 3.8) is 0 Å². The van der Waals surface area contributed by atoms with Crippen LogP contribution in [0.15, 0.2) is 83.3 Å². The minimum absolute atomic E-state index is 0.140. The Morgan fingerprint density at radius 1 is 0.939 bits per heavy atom. The van der Waals surface area contributed by atoms with Gasteiger partial charge in [-0.2, -0.15) is 0 Å². The van der Waals surface area contributed by atoms with Gasteiger partial charge in [0, 0.05) is 17.7 Å². The highest BCUT2D eigenvalue weighted by atomic mass is 35.7. The number of nitrogens with one attached hydrogen (secondary N) is 1. The predicted octanol–water partition coefficient (Wildman–Crippen LogP) is -1.85. The number of halogens is 1. The molecule has 0 bridgehead atoms. The summed E-state index contributed by atoms with van der Waals surface area (Å²) in [7, 11) is -3.59. The zero-order chi connectivity index (χ0) is 24.0.